The van der Waals surface area contributed by atoms with Crippen LogP contribution < -0.4 is 4.90 Å². The van der Waals surface area contributed by atoms with Gasteiger partial charge in [0, 0.05) is 34.8 Å². The Morgan fingerprint density at radius 2 is 1.53 bits per heavy atom. The minimum Gasteiger partial charge on any atom is -0.406 e. The summed E-state index contributed by atoms with van der Waals surface area (Å²) in [6, 6.07) is 30.3. The molecule has 0 fully saturated rings. The number of para-hydroxylation sites is 1. The molecule has 0 aromatic heterocycles. The van der Waals surface area contributed by atoms with E-state index < -0.39 is 17.2 Å². The number of anilines is 1. The minimum atomic E-state index is -4.86. The number of ether oxygens (including phenoxy) is 1. The first-order chi connectivity index (χ1) is 20.3. The lowest BCUT2D eigenvalue weighted by atomic mass is 9.75. The van der Waals surface area contributed by atoms with E-state index in [1.807, 2.05) is 101 Å². The maximum Gasteiger partial charge on any atom is 0.573 e. The van der Waals surface area contributed by atoms with Crippen LogP contribution in [-0.4, -0.2) is 12.9 Å². The molecule has 43 heavy (non-hydrogen) atoms. The van der Waals surface area contributed by atoms with Gasteiger partial charge in [-0.1, -0.05) is 119 Å². The van der Waals surface area contributed by atoms with E-state index in [0.29, 0.717) is 12.1 Å². The summed E-state index contributed by atoms with van der Waals surface area (Å²) < 4.78 is 46.3. The maximum absolute atomic E-state index is 13.9. The predicted octanol–water partition coefficient (Wildman–Crippen LogP) is 10.3. The minimum absolute atomic E-state index is 0.287. The summed E-state index contributed by atoms with van der Waals surface area (Å²) in [6.07, 6.45) is -1.13. The molecule has 4 aromatic rings. The standard InChI is InChI=1S/C38H38F3NO/c1-26(36(3,4)32-21-20-29-16-10-11-17-31(29)27(32)2)24-30(43-38(39,40)41)25-35-37(5,6)33-18-12-13-19-34(33)42(35)23-22-28-14-8-7-9-15-28/h7-21,24-25H,1,22-23H2,2-6H3/b30-24-,35-25+. The van der Waals surface area contributed by atoms with Gasteiger partial charge in [0.05, 0.1) is 0 Å². The molecule has 0 spiro atoms. The van der Waals surface area contributed by atoms with Crippen molar-refractivity contribution in [2.75, 3.05) is 11.4 Å². The second-order valence-electron chi connectivity index (χ2n) is 12.3. The molecule has 0 atom stereocenters. The Hall–Kier alpha value is -4.25. The van der Waals surface area contributed by atoms with E-state index in [-0.39, 0.29) is 5.76 Å². The summed E-state index contributed by atoms with van der Waals surface area (Å²) in [7, 11) is 0. The highest BCUT2D eigenvalue weighted by Crippen LogP contribution is 2.48. The fraction of sp³-hybridized carbons (Fsp3) is 0.263. The van der Waals surface area contributed by atoms with Gasteiger partial charge in [0.1, 0.15) is 5.76 Å². The first kappa shape index (κ1) is 30.2. The van der Waals surface area contributed by atoms with Crippen molar-refractivity contribution in [1.82, 2.24) is 0 Å². The number of benzene rings is 4. The van der Waals surface area contributed by atoms with Crippen LogP contribution in [0, 0.1) is 6.92 Å². The molecular formula is C38H38F3NO. The molecule has 0 amide bonds. The van der Waals surface area contributed by atoms with Crippen LogP contribution >= 0.6 is 0 Å². The number of fused-ring (bicyclic) bond motifs is 2. The van der Waals surface area contributed by atoms with Crippen molar-refractivity contribution in [3.8, 4) is 0 Å². The summed E-state index contributed by atoms with van der Waals surface area (Å²) in [5, 5.41) is 2.23. The van der Waals surface area contributed by atoms with Gasteiger partial charge in [-0.25, -0.2) is 0 Å². The zero-order valence-corrected chi connectivity index (χ0v) is 25.4. The van der Waals surface area contributed by atoms with Crippen molar-refractivity contribution in [1.29, 1.82) is 0 Å². The zero-order chi connectivity index (χ0) is 31.0. The summed E-state index contributed by atoms with van der Waals surface area (Å²) in [4.78, 5) is 2.12. The Kier molecular flexibility index (Phi) is 8.04. The molecule has 0 radical (unpaired) electrons. The number of hydrogen-bond donors (Lipinski definition) is 0. The number of allylic oxidation sites excluding steroid dienone is 4. The average molecular weight is 582 g/mol. The van der Waals surface area contributed by atoms with Gasteiger partial charge in [0.15, 0.2) is 0 Å². The molecule has 0 saturated carbocycles. The van der Waals surface area contributed by atoms with Crippen LogP contribution in [0.5, 0.6) is 0 Å². The van der Waals surface area contributed by atoms with Crippen LogP contribution in [0.3, 0.4) is 0 Å². The Labute approximate surface area is 252 Å². The topological polar surface area (TPSA) is 12.5 Å². The fourth-order valence-electron chi connectivity index (χ4n) is 6.23. The summed E-state index contributed by atoms with van der Waals surface area (Å²) >= 11 is 0. The molecule has 0 aliphatic carbocycles. The van der Waals surface area contributed by atoms with Gasteiger partial charge in [0.2, 0.25) is 0 Å². The first-order valence-electron chi connectivity index (χ1n) is 14.6. The molecule has 1 aliphatic rings. The lowest BCUT2D eigenvalue weighted by molar-refractivity contribution is -0.303. The van der Waals surface area contributed by atoms with Crippen LogP contribution in [0.15, 0.2) is 127 Å². The van der Waals surface area contributed by atoms with Crippen molar-refractivity contribution in [3.05, 3.63) is 149 Å². The molecule has 5 heteroatoms. The molecule has 0 bridgehead atoms. The quantitative estimate of drug-likeness (QED) is 0.152. The van der Waals surface area contributed by atoms with Gasteiger partial charge in [-0.15, -0.1) is 13.2 Å². The predicted molar refractivity (Wildman–Crippen MR) is 171 cm³/mol. The number of aryl methyl sites for hydroxylation is 1. The van der Waals surface area contributed by atoms with Crippen molar-refractivity contribution in [2.45, 2.75) is 58.2 Å². The van der Waals surface area contributed by atoms with Crippen LogP contribution in [0.4, 0.5) is 18.9 Å². The van der Waals surface area contributed by atoms with E-state index in [2.05, 4.69) is 35.7 Å². The van der Waals surface area contributed by atoms with E-state index >= 15 is 0 Å². The van der Waals surface area contributed by atoms with Crippen molar-refractivity contribution < 1.29 is 17.9 Å². The van der Waals surface area contributed by atoms with Crippen molar-refractivity contribution in [3.63, 3.8) is 0 Å². The van der Waals surface area contributed by atoms with Gasteiger partial charge >= 0.3 is 6.36 Å². The van der Waals surface area contributed by atoms with E-state index in [1.54, 1.807) is 6.08 Å². The molecule has 1 heterocycles. The van der Waals surface area contributed by atoms with Crippen LogP contribution in [0.25, 0.3) is 10.8 Å². The summed E-state index contributed by atoms with van der Waals surface area (Å²) in [5.41, 5.74) is 5.35. The molecule has 0 saturated heterocycles. The summed E-state index contributed by atoms with van der Waals surface area (Å²) in [6.45, 7) is 15.0. The van der Waals surface area contributed by atoms with E-state index in [4.69, 9.17) is 4.74 Å². The average Bonchev–Trinajstić information content (AvgIpc) is 3.17. The monoisotopic (exact) mass is 581 g/mol. The van der Waals surface area contributed by atoms with Crippen LogP contribution in [-0.2, 0) is 22.0 Å². The Bertz CT molecular complexity index is 1710. The molecule has 0 N–H and O–H groups in total. The van der Waals surface area contributed by atoms with Gasteiger partial charge < -0.3 is 9.64 Å². The number of hydrogen-bond acceptors (Lipinski definition) is 2. The molecule has 2 nitrogen and oxygen atoms in total. The van der Waals surface area contributed by atoms with Gasteiger partial charge in [-0.2, -0.15) is 0 Å². The van der Waals surface area contributed by atoms with E-state index in [9.17, 15) is 13.2 Å². The molecule has 1 aliphatic heterocycles. The lowest BCUT2D eigenvalue weighted by Gasteiger charge is -2.30. The highest BCUT2D eigenvalue weighted by Gasteiger charge is 2.41. The Morgan fingerprint density at radius 3 is 2.26 bits per heavy atom. The van der Waals surface area contributed by atoms with E-state index in [1.165, 1.54) is 6.08 Å². The molecule has 0 unspecified atom stereocenters. The molecule has 4 aromatic carbocycles. The number of halogens is 3. The number of alkyl halides is 3. The van der Waals surface area contributed by atoms with Gasteiger partial charge in [-0.3, -0.25) is 0 Å². The number of rotatable bonds is 8. The Balaban J connectivity index is 1.57. The second kappa shape index (κ2) is 11.4. The molecule has 5 rings (SSSR count). The normalized spacial score (nSPS) is 16.0. The number of nitrogens with zero attached hydrogens (tertiary/aromatic N) is 1. The second-order valence-corrected chi connectivity index (χ2v) is 12.3. The van der Waals surface area contributed by atoms with Gasteiger partial charge in [0.25, 0.3) is 0 Å². The molecular weight excluding hydrogens is 543 g/mol. The molecule has 222 valence electrons. The smallest absolute Gasteiger partial charge is 0.406 e. The Morgan fingerprint density at radius 1 is 0.884 bits per heavy atom. The SMILES string of the molecule is C=C(/C=C(/C=C1/N(CCc2ccccc2)c2ccccc2C1(C)C)OC(F)(F)F)C(C)(C)c1ccc2ccccc2c1C. The fourth-order valence-corrected chi connectivity index (χ4v) is 6.23. The zero-order valence-electron chi connectivity index (χ0n) is 25.4. The van der Waals surface area contributed by atoms with Crippen LogP contribution in [0.2, 0.25) is 0 Å². The van der Waals surface area contributed by atoms with Crippen LogP contribution in [0.1, 0.15) is 49.9 Å². The third-order valence-electron chi connectivity index (χ3n) is 8.77. The van der Waals surface area contributed by atoms with Gasteiger partial charge in [-0.05, 0) is 64.1 Å². The lowest BCUT2D eigenvalue weighted by Crippen LogP contribution is -2.29. The summed E-state index contributed by atoms with van der Waals surface area (Å²) in [5.74, 6) is -0.287. The third kappa shape index (κ3) is 6.13. The highest BCUT2D eigenvalue weighted by atomic mass is 19.4. The first-order valence-corrected chi connectivity index (χ1v) is 14.6. The van der Waals surface area contributed by atoms with E-state index in [0.717, 1.165) is 50.8 Å². The highest BCUT2D eigenvalue weighted by molar-refractivity contribution is 5.87. The third-order valence-corrected chi connectivity index (χ3v) is 8.77. The van der Waals surface area contributed by atoms with Crippen molar-refractivity contribution >= 4 is 16.5 Å². The van der Waals surface area contributed by atoms with Crippen molar-refractivity contribution in [2.24, 2.45) is 0 Å². The maximum atomic E-state index is 13.9. The largest absolute Gasteiger partial charge is 0.573 e.